The summed E-state index contributed by atoms with van der Waals surface area (Å²) >= 11 is 0. The molecule has 0 unspecified atom stereocenters. The van der Waals surface area contributed by atoms with Gasteiger partial charge in [-0.25, -0.2) is 0 Å². The summed E-state index contributed by atoms with van der Waals surface area (Å²) in [7, 11) is 0. The summed E-state index contributed by atoms with van der Waals surface area (Å²) in [6.45, 7) is 0. The molecule has 0 fully saturated rings. The summed E-state index contributed by atoms with van der Waals surface area (Å²) in [6.07, 6.45) is 10.5. The smallest absolute Gasteiger partial charge is 0.116 e. The fourth-order valence-corrected chi connectivity index (χ4v) is 3.61. The molecule has 0 aliphatic carbocycles. The Morgan fingerprint density at radius 1 is 0.793 bits per heavy atom. The van der Waals surface area contributed by atoms with E-state index in [1.54, 1.807) is 31.1 Å². The van der Waals surface area contributed by atoms with E-state index in [9.17, 15) is 0 Å². The van der Waals surface area contributed by atoms with Gasteiger partial charge in [0.1, 0.15) is 5.69 Å². The molecule has 6 aromatic rings. The number of rotatable bonds is 3. The number of H-pyrrole nitrogens is 2. The number of fused-ring (bicyclic) bond motifs is 2. The Morgan fingerprint density at radius 2 is 1.69 bits per heavy atom. The zero-order valence-corrected chi connectivity index (χ0v) is 15.1. The van der Waals surface area contributed by atoms with E-state index in [1.165, 1.54) is 0 Å². The van der Waals surface area contributed by atoms with Crippen LogP contribution in [0.3, 0.4) is 0 Å². The first-order valence-electron chi connectivity index (χ1n) is 9.12. The van der Waals surface area contributed by atoms with Gasteiger partial charge in [0, 0.05) is 46.0 Å². The van der Waals surface area contributed by atoms with Crippen LogP contribution in [-0.2, 0) is 0 Å². The summed E-state index contributed by atoms with van der Waals surface area (Å²) < 4.78 is 5.23. The zero-order chi connectivity index (χ0) is 19.2. The average molecular weight is 378 g/mol. The van der Waals surface area contributed by atoms with Crippen LogP contribution in [0.25, 0.3) is 55.7 Å². The highest BCUT2D eigenvalue weighted by Crippen LogP contribution is 2.33. The van der Waals surface area contributed by atoms with Gasteiger partial charge in [0.2, 0.25) is 0 Å². The Balaban J connectivity index is 1.53. The topological polar surface area (TPSA) is 96.3 Å². The van der Waals surface area contributed by atoms with Crippen LogP contribution in [0.1, 0.15) is 0 Å². The number of aromatic amines is 2. The van der Waals surface area contributed by atoms with E-state index in [1.807, 2.05) is 36.5 Å². The Bertz CT molecular complexity index is 1450. The molecule has 7 nitrogen and oxygen atoms in total. The molecule has 2 N–H and O–H groups in total. The van der Waals surface area contributed by atoms with Crippen molar-refractivity contribution in [1.29, 1.82) is 0 Å². The third kappa shape index (κ3) is 2.52. The van der Waals surface area contributed by atoms with Gasteiger partial charge in [0.15, 0.2) is 0 Å². The van der Waals surface area contributed by atoms with Crippen LogP contribution in [0, 0.1) is 0 Å². The maximum atomic E-state index is 5.23. The number of nitrogens with zero attached hydrogens (tertiary/aromatic N) is 4. The molecule has 0 saturated heterocycles. The number of pyridine rings is 3. The average Bonchev–Trinajstić information content (AvgIpc) is 3.52. The molecule has 0 aliphatic rings. The Kier molecular flexibility index (Phi) is 3.33. The van der Waals surface area contributed by atoms with Crippen LogP contribution in [0.5, 0.6) is 0 Å². The molecule has 0 spiro atoms. The second kappa shape index (κ2) is 6.13. The Hall–Kier alpha value is -4.26. The minimum absolute atomic E-state index is 0.840. The fourth-order valence-electron chi connectivity index (χ4n) is 3.61. The Labute approximate surface area is 164 Å². The summed E-state index contributed by atoms with van der Waals surface area (Å²) in [6, 6.07) is 11.9. The maximum Gasteiger partial charge on any atom is 0.116 e. The van der Waals surface area contributed by atoms with Crippen molar-refractivity contribution >= 4 is 21.8 Å². The van der Waals surface area contributed by atoms with Gasteiger partial charge in [-0.3, -0.25) is 20.1 Å². The van der Waals surface area contributed by atoms with Crippen molar-refractivity contribution in [1.82, 2.24) is 30.1 Å². The first-order chi connectivity index (χ1) is 14.4. The summed E-state index contributed by atoms with van der Waals surface area (Å²) in [5, 5.41) is 9.63. The van der Waals surface area contributed by atoms with E-state index in [0.717, 1.165) is 55.7 Å². The highest BCUT2D eigenvalue weighted by molar-refractivity contribution is 6.00. The van der Waals surface area contributed by atoms with Crippen LogP contribution < -0.4 is 0 Å². The largest absolute Gasteiger partial charge is 0.472 e. The van der Waals surface area contributed by atoms with Gasteiger partial charge in [-0.1, -0.05) is 0 Å². The summed E-state index contributed by atoms with van der Waals surface area (Å²) in [5.74, 6) is 0. The van der Waals surface area contributed by atoms with Gasteiger partial charge in [-0.15, -0.1) is 0 Å². The van der Waals surface area contributed by atoms with Gasteiger partial charge in [-0.05, 0) is 36.4 Å². The summed E-state index contributed by atoms with van der Waals surface area (Å²) in [5.41, 5.74) is 7.32. The van der Waals surface area contributed by atoms with E-state index in [-0.39, 0.29) is 0 Å². The van der Waals surface area contributed by atoms with Crippen LogP contribution in [0.15, 0.2) is 78.1 Å². The van der Waals surface area contributed by atoms with E-state index >= 15 is 0 Å². The van der Waals surface area contributed by atoms with Gasteiger partial charge in [0.25, 0.3) is 0 Å². The van der Waals surface area contributed by atoms with E-state index in [4.69, 9.17) is 4.42 Å². The van der Waals surface area contributed by atoms with E-state index < -0.39 is 0 Å². The van der Waals surface area contributed by atoms with Gasteiger partial charge in [0.05, 0.1) is 41.3 Å². The lowest BCUT2D eigenvalue weighted by Gasteiger charge is -2.00. The Morgan fingerprint density at radius 3 is 2.55 bits per heavy atom. The molecule has 6 aromatic heterocycles. The molecular formula is C22H14N6O. The molecule has 6 heterocycles. The maximum absolute atomic E-state index is 5.23. The highest BCUT2D eigenvalue weighted by atomic mass is 16.3. The minimum atomic E-state index is 0.840. The number of hydrogen-bond acceptors (Lipinski definition) is 5. The molecule has 0 amide bonds. The van der Waals surface area contributed by atoms with Crippen molar-refractivity contribution in [2.75, 3.05) is 0 Å². The molecule has 0 atom stereocenters. The number of aromatic nitrogens is 6. The third-order valence-electron chi connectivity index (χ3n) is 5.02. The lowest BCUT2D eigenvalue weighted by atomic mass is 10.1. The van der Waals surface area contributed by atoms with Crippen LogP contribution in [0.2, 0.25) is 0 Å². The predicted octanol–water partition coefficient (Wildman–Crippen LogP) is 4.82. The van der Waals surface area contributed by atoms with Crippen molar-refractivity contribution < 1.29 is 4.42 Å². The second-order valence-corrected chi connectivity index (χ2v) is 6.74. The highest BCUT2D eigenvalue weighted by Gasteiger charge is 2.15. The first-order valence-corrected chi connectivity index (χ1v) is 9.12. The monoisotopic (exact) mass is 378 g/mol. The SMILES string of the molecule is c1cc(-c2cc3c(-c4cc5c(-c6ccoc6)nccc5[nH]4)n[nH]c3cn2)ccn1. The van der Waals surface area contributed by atoms with Crippen molar-refractivity contribution in [2.24, 2.45) is 0 Å². The van der Waals surface area contributed by atoms with Crippen molar-refractivity contribution in [2.45, 2.75) is 0 Å². The molecule has 0 aliphatic heterocycles. The normalized spacial score (nSPS) is 11.4. The van der Waals surface area contributed by atoms with E-state index in [2.05, 4.69) is 36.2 Å². The summed E-state index contributed by atoms with van der Waals surface area (Å²) in [4.78, 5) is 16.6. The molecule has 0 radical (unpaired) electrons. The van der Waals surface area contributed by atoms with Crippen molar-refractivity contribution in [3.05, 3.63) is 73.7 Å². The fraction of sp³-hybridized carbons (Fsp3) is 0. The molecule has 0 aromatic carbocycles. The lowest BCUT2D eigenvalue weighted by molar-refractivity contribution is 0.568. The van der Waals surface area contributed by atoms with Crippen molar-refractivity contribution in [3.63, 3.8) is 0 Å². The first kappa shape index (κ1) is 15.8. The molecule has 7 heteroatoms. The van der Waals surface area contributed by atoms with Crippen LogP contribution >= 0.6 is 0 Å². The van der Waals surface area contributed by atoms with Gasteiger partial charge in [-0.2, -0.15) is 5.10 Å². The lowest BCUT2D eigenvalue weighted by Crippen LogP contribution is -1.84. The quantitative estimate of drug-likeness (QED) is 0.460. The number of furan rings is 1. The number of nitrogens with one attached hydrogen (secondary N) is 2. The number of hydrogen-bond donors (Lipinski definition) is 2. The van der Waals surface area contributed by atoms with Crippen LogP contribution in [-0.4, -0.2) is 30.1 Å². The van der Waals surface area contributed by atoms with E-state index in [0.29, 0.717) is 0 Å². The molecule has 138 valence electrons. The zero-order valence-electron chi connectivity index (χ0n) is 15.1. The molecular weight excluding hydrogens is 364 g/mol. The molecule has 0 bridgehead atoms. The molecule has 29 heavy (non-hydrogen) atoms. The van der Waals surface area contributed by atoms with Gasteiger partial charge < -0.3 is 9.40 Å². The van der Waals surface area contributed by atoms with Gasteiger partial charge >= 0.3 is 0 Å². The predicted molar refractivity (Wildman–Crippen MR) is 110 cm³/mol. The van der Waals surface area contributed by atoms with Crippen LogP contribution in [0.4, 0.5) is 0 Å². The molecule has 0 saturated carbocycles. The minimum Gasteiger partial charge on any atom is -0.472 e. The standard InChI is InChI=1S/C22H14N6O/c1-5-23-6-2-13(1)18-9-16-20(11-25-18)27-28-22(16)19-10-15-17(26-19)3-7-24-21(15)14-4-8-29-12-14/h1-12,26H,(H,27,28). The second-order valence-electron chi connectivity index (χ2n) is 6.74. The molecule has 6 rings (SSSR count). The third-order valence-corrected chi connectivity index (χ3v) is 5.02. The van der Waals surface area contributed by atoms with Crippen molar-refractivity contribution in [3.8, 4) is 33.9 Å².